The van der Waals surface area contributed by atoms with E-state index in [1.807, 2.05) is 0 Å². The fourth-order valence-electron chi connectivity index (χ4n) is 4.04. The molecule has 2 aromatic rings. The zero-order valence-electron chi connectivity index (χ0n) is 18.0. The average molecular weight is 503 g/mol. The molecule has 0 atom stereocenters. The second-order valence-electron chi connectivity index (χ2n) is 8.32. The summed E-state index contributed by atoms with van der Waals surface area (Å²) in [6.45, 7) is 1.06. The van der Waals surface area contributed by atoms with E-state index >= 15 is 0 Å². The number of hydrogen-bond acceptors (Lipinski definition) is 6. The van der Waals surface area contributed by atoms with Gasteiger partial charge in [-0.1, -0.05) is 11.6 Å². The first-order chi connectivity index (χ1) is 16.2. The first kappa shape index (κ1) is 24.5. The number of alkyl halides is 3. The minimum Gasteiger partial charge on any atom is -0.484 e. The second-order valence-corrected chi connectivity index (χ2v) is 8.73. The molecular formula is C22H23ClF4N4O3. The highest BCUT2D eigenvalue weighted by Gasteiger charge is 2.41. The van der Waals surface area contributed by atoms with Gasteiger partial charge in [0.25, 0.3) is 5.91 Å². The van der Waals surface area contributed by atoms with E-state index < -0.39 is 18.3 Å². The third kappa shape index (κ3) is 6.47. The number of nitrogens with zero attached hydrogens (tertiary/aromatic N) is 3. The Labute approximate surface area is 198 Å². The quantitative estimate of drug-likeness (QED) is 0.571. The van der Waals surface area contributed by atoms with Crippen LogP contribution in [0.4, 0.5) is 23.4 Å². The highest BCUT2D eigenvalue weighted by atomic mass is 35.5. The second kappa shape index (κ2) is 10.3. The Kier molecular flexibility index (Phi) is 7.42. The van der Waals surface area contributed by atoms with E-state index in [1.54, 1.807) is 12.3 Å². The molecule has 7 nitrogen and oxygen atoms in total. The molecule has 34 heavy (non-hydrogen) atoms. The molecule has 1 saturated carbocycles. The molecule has 1 aromatic heterocycles. The van der Waals surface area contributed by atoms with Crippen LogP contribution in [0.3, 0.4) is 0 Å². The molecule has 2 aliphatic rings. The van der Waals surface area contributed by atoms with Crippen molar-refractivity contribution in [2.24, 2.45) is 0 Å². The van der Waals surface area contributed by atoms with Gasteiger partial charge in [0.2, 0.25) is 0 Å². The Morgan fingerprint density at radius 1 is 1.21 bits per heavy atom. The summed E-state index contributed by atoms with van der Waals surface area (Å²) in [5.74, 6) is 0.367. The summed E-state index contributed by atoms with van der Waals surface area (Å²) in [6.07, 6.45) is -2.02. The molecule has 184 valence electrons. The van der Waals surface area contributed by atoms with Crippen molar-refractivity contribution < 1.29 is 31.8 Å². The van der Waals surface area contributed by atoms with E-state index in [9.17, 15) is 22.4 Å². The third-order valence-electron chi connectivity index (χ3n) is 5.86. The van der Waals surface area contributed by atoms with E-state index in [4.69, 9.17) is 16.3 Å². The maximum Gasteiger partial charge on any atom is 0.522 e. The molecular weight excluding hydrogens is 480 g/mol. The lowest BCUT2D eigenvalue weighted by atomic mass is 9.81. The van der Waals surface area contributed by atoms with Gasteiger partial charge in [-0.15, -0.1) is 13.2 Å². The molecule has 0 radical (unpaired) electrons. The molecule has 2 heterocycles. The number of carbonyl (C=O) groups excluding carboxylic acids is 1. The number of nitrogens with one attached hydrogen (secondary N) is 1. The van der Waals surface area contributed by atoms with Crippen molar-refractivity contribution in [3.8, 4) is 5.75 Å². The van der Waals surface area contributed by atoms with E-state index in [0.29, 0.717) is 37.6 Å². The van der Waals surface area contributed by atoms with Crippen molar-refractivity contribution in [2.45, 2.75) is 50.1 Å². The Morgan fingerprint density at radius 3 is 2.62 bits per heavy atom. The Morgan fingerprint density at radius 2 is 1.94 bits per heavy atom. The Hall–Kier alpha value is -2.66. The van der Waals surface area contributed by atoms with Crippen LogP contribution in [0, 0.1) is 5.82 Å². The number of halogens is 5. The molecule has 1 amide bonds. The minimum absolute atomic E-state index is 0.0216. The summed E-state index contributed by atoms with van der Waals surface area (Å²) in [6, 6.07) is 5.70. The maximum atomic E-state index is 13.4. The van der Waals surface area contributed by atoms with Crippen LogP contribution in [-0.4, -0.2) is 54.1 Å². The summed E-state index contributed by atoms with van der Waals surface area (Å²) < 4.78 is 59.7. The van der Waals surface area contributed by atoms with Crippen LogP contribution in [-0.2, 0) is 9.53 Å². The fourth-order valence-corrected chi connectivity index (χ4v) is 4.15. The molecule has 1 saturated heterocycles. The van der Waals surface area contributed by atoms with Crippen LogP contribution in [0.5, 0.6) is 5.75 Å². The van der Waals surface area contributed by atoms with Crippen molar-refractivity contribution in [1.29, 1.82) is 0 Å². The van der Waals surface area contributed by atoms with Crippen molar-refractivity contribution in [1.82, 2.24) is 15.3 Å². The third-order valence-corrected chi connectivity index (χ3v) is 6.17. The maximum absolute atomic E-state index is 13.4. The van der Waals surface area contributed by atoms with E-state index in [2.05, 4.69) is 24.9 Å². The standard InChI is InChI=1S/C22H23ClF4N4O3/c23-17-2-1-15(11-18(17)24)33-12-20(32)29-14-4-7-31(8-5-14)19-3-6-28-21(30-19)13-9-16(10-13)34-22(25,26)27/h1-3,6,11,13-14,16H,4-5,7-10,12H2,(H,29,32)/t13-,16+. The van der Waals surface area contributed by atoms with Crippen molar-refractivity contribution >= 4 is 23.3 Å². The van der Waals surface area contributed by atoms with Gasteiger partial charge in [-0.25, -0.2) is 14.4 Å². The van der Waals surface area contributed by atoms with E-state index in [-0.39, 0.29) is 48.1 Å². The smallest absolute Gasteiger partial charge is 0.484 e. The van der Waals surface area contributed by atoms with Crippen LogP contribution in [0.15, 0.2) is 30.5 Å². The molecule has 0 spiro atoms. The van der Waals surface area contributed by atoms with Crippen LogP contribution in [0.2, 0.25) is 5.02 Å². The van der Waals surface area contributed by atoms with Crippen molar-refractivity contribution in [3.05, 3.63) is 47.1 Å². The number of hydrogen-bond donors (Lipinski definition) is 1. The minimum atomic E-state index is -4.63. The summed E-state index contributed by atoms with van der Waals surface area (Å²) in [7, 11) is 0. The van der Waals surface area contributed by atoms with E-state index in [1.165, 1.54) is 12.1 Å². The molecule has 4 rings (SSSR count). The predicted molar refractivity (Wildman–Crippen MR) is 115 cm³/mol. The number of benzene rings is 1. The normalized spacial score (nSPS) is 21.1. The first-order valence-electron chi connectivity index (χ1n) is 10.9. The van der Waals surface area contributed by atoms with Gasteiger partial charge in [-0.2, -0.15) is 0 Å². The summed E-state index contributed by atoms with van der Waals surface area (Å²) >= 11 is 5.63. The lowest BCUT2D eigenvalue weighted by Gasteiger charge is -2.36. The van der Waals surface area contributed by atoms with Crippen molar-refractivity contribution in [2.75, 3.05) is 24.6 Å². The number of piperidine rings is 1. The van der Waals surface area contributed by atoms with Gasteiger partial charge >= 0.3 is 6.36 Å². The van der Waals surface area contributed by atoms with Gasteiger partial charge in [-0.05, 0) is 43.9 Å². The lowest BCUT2D eigenvalue weighted by Crippen LogP contribution is -2.46. The van der Waals surface area contributed by atoms with Gasteiger partial charge in [0.05, 0.1) is 11.1 Å². The summed E-state index contributed by atoms with van der Waals surface area (Å²) in [4.78, 5) is 23.0. The van der Waals surface area contributed by atoms with Crippen molar-refractivity contribution in [3.63, 3.8) is 0 Å². The van der Waals surface area contributed by atoms with Crippen LogP contribution in [0.25, 0.3) is 0 Å². The highest BCUT2D eigenvalue weighted by molar-refractivity contribution is 6.30. The summed E-state index contributed by atoms with van der Waals surface area (Å²) in [5.41, 5.74) is 0. The highest BCUT2D eigenvalue weighted by Crippen LogP contribution is 2.40. The SMILES string of the molecule is O=C(COc1ccc(Cl)c(F)c1)NC1CCN(c2ccnc([C@H]3C[C@@H](OC(F)(F)F)C3)n2)CC1. The number of anilines is 1. The zero-order valence-corrected chi connectivity index (χ0v) is 18.8. The van der Waals surface area contributed by atoms with Gasteiger partial charge in [0.15, 0.2) is 6.61 Å². The number of carbonyl (C=O) groups is 1. The molecule has 1 aliphatic heterocycles. The average Bonchev–Trinajstić information content (AvgIpc) is 2.77. The van der Waals surface area contributed by atoms with Gasteiger partial charge in [0, 0.05) is 37.3 Å². The topological polar surface area (TPSA) is 76.6 Å². The summed E-state index contributed by atoms with van der Waals surface area (Å²) in [5, 5.41) is 2.89. The van der Waals surface area contributed by atoms with Crippen LogP contribution in [0.1, 0.15) is 37.4 Å². The lowest BCUT2D eigenvalue weighted by molar-refractivity contribution is -0.352. The molecule has 0 bridgehead atoms. The first-order valence-corrected chi connectivity index (χ1v) is 11.2. The Balaban J connectivity index is 1.21. The number of rotatable bonds is 7. The molecule has 12 heteroatoms. The van der Waals surface area contributed by atoms with Crippen LogP contribution < -0.4 is 15.0 Å². The molecule has 1 aromatic carbocycles. The van der Waals surface area contributed by atoms with Crippen LogP contribution >= 0.6 is 11.6 Å². The van der Waals surface area contributed by atoms with Gasteiger partial charge in [0.1, 0.15) is 23.2 Å². The van der Waals surface area contributed by atoms with Gasteiger partial charge in [-0.3, -0.25) is 9.53 Å². The molecule has 1 aliphatic carbocycles. The largest absolute Gasteiger partial charge is 0.522 e. The monoisotopic (exact) mass is 502 g/mol. The molecule has 1 N–H and O–H groups in total. The zero-order chi connectivity index (χ0) is 24.3. The molecule has 0 unspecified atom stereocenters. The van der Waals surface area contributed by atoms with Gasteiger partial charge < -0.3 is 15.0 Å². The number of aromatic nitrogens is 2. The fraction of sp³-hybridized carbons (Fsp3) is 0.500. The van der Waals surface area contributed by atoms with E-state index in [0.717, 1.165) is 6.07 Å². The molecule has 2 fully saturated rings. The number of ether oxygens (including phenoxy) is 2. The number of amides is 1. The Bertz CT molecular complexity index is 1010. The predicted octanol–water partition coefficient (Wildman–Crippen LogP) is 4.22.